The van der Waals surface area contributed by atoms with Gasteiger partial charge in [0.1, 0.15) is 0 Å². The van der Waals surface area contributed by atoms with E-state index in [1.54, 1.807) is 0 Å². The Morgan fingerprint density at radius 3 is 2.36 bits per heavy atom. The van der Waals surface area contributed by atoms with E-state index >= 15 is 0 Å². The Morgan fingerprint density at radius 1 is 1.21 bits per heavy atom. The molecule has 1 aliphatic rings. The van der Waals surface area contributed by atoms with Gasteiger partial charge in [0.25, 0.3) is 0 Å². The molecule has 1 aromatic carbocycles. The highest BCUT2D eigenvalue weighted by molar-refractivity contribution is 7.80. The monoisotopic (exact) mass is 210 g/mol. The van der Waals surface area contributed by atoms with Gasteiger partial charge in [-0.2, -0.15) is 12.6 Å². The molecule has 1 saturated heterocycles. The SMILES string of the molecule is CC1(C(S)c2ccccc2)OCCO1. The molecular formula is C11H14O2S. The van der Waals surface area contributed by atoms with Gasteiger partial charge in [0.2, 0.25) is 0 Å². The number of hydrogen-bond donors (Lipinski definition) is 1. The Labute approximate surface area is 89.6 Å². The Hall–Kier alpha value is -0.510. The molecule has 0 bridgehead atoms. The molecule has 1 fully saturated rings. The summed E-state index contributed by atoms with van der Waals surface area (Å²) in [5, 5.41) is -0.0359. The summed E-state index contributed by atoms with van der Waals surface area (Å²) in [6, 6.07) is 10.1. The number of ether oxygens (including phenoxy) is 2. The maximum atomic E-state index is 5.56. The minimum absolute atomic E-state index is 0.0359. The van der Waals surface area contributed by atoms with Crippen LogP contribution in [0.2, 0.25) is 0 Å². The maximum absolute atomic E-state index is 5.56. The highest BCUT2D eigenvalue weighted by atomic mass is 32.1. The predicted octanol–water partition coefficient (Wildman–Crippen LogP) is 2.42. The Bertz CT molecular complexity index is 293. The van der Waals surface area contributed by atoms with Gasteiger partial charge < -0.3 is 9.47 Å². The van der Waals surface area contributed by atoms with E-state index in [2.05, 4.69) is 12.6 Å². The fraction of sp³-hybridized carbons (Fsp3) is 0.455. The Balaban J connectivity index is 2.19. The third-order valence-corrected chi connectivity index (χ3v) is 3.24. The largest absolute Gasteiger partial charge is 0.346 e. The van der Waals surface area contributed by atoms with E-state index in [-0.39, 0.29) is 5.25 Å². The van der Waals surface area contributed by atoms with Crippen LogP contribution in [-0.2, 0) is 9.47 Å². The zero-order valence-electron chi connectivity index (χ0n) is 8.14. The molecule has 76 valence electrons. The molecule has 0 spiro atoms. The number of benzene rings is 1. The topological polar surface area (TPSA) is 18.5 Å². The van der Waals surface area contributed by atoms with Gasteiger partial charge in [0, 0.05) is 0 Å². The van der Waals surface area contributed by atoms with E-state index in [0.29, 0.717) is 13.2 Å². The van der Waals surface area contributed by atoms with Crippen molar-refractivity contribution in [1.82, 2.24) is 0 Å². The molecule has 0 aromatic heterocycles. The number of thiol groups is 1. The zero-order valence-corrected chi connectivity index (χ0v) is 9.04. The van der Waals surface area contributed by atoms with Crippen molar-refractivity contribution in [3.05, 3.63) is 35.9 Å². The highest BCUT2D eigenvalue weighted by Crippen LogP contribution is 2.37. The fourth-order valence-corrected chi connectivity index (χ4v) is 1.95. The molecule has 1 atom stereocenters. The first kappa shape index (κ1) is 10.0. The molecule has 0 amide bonds. The molecule has 1 aromatic rings. The maximum Gasteiger partial charge on any atom is 0.181 e. The number of rotatable bonds is 2. The van der Waals surface area contributed by atoms with E-state index in [9.17, 15) is 0 Å². The van der Waals surface area contributed by atoms with Crippen LogP contribution in [0.25, 0.3) is 0 Å². The van der Waals surface area contributed by atoms with Gasteiger partial charge in [-0.1, -0.05) is 30.3 Å². The predicted molar refractivity (Wildman–Crippen MR) is 58.5 cm³/mol. The molecule has 1 unspecified atom stereocenters. The molecule has 14 heavy (non-hydrogen) atoms. The standard InChI is InChI=1S/C11H14O2S/c1-11(12-7-8-13-11)10(14)9-5-3-2-4-6-9/h2-6,10,14H,7-8H2,1H3. The van der Waals surface area contributed by atoms with E-state index in [1.165, 1.54) is 0 Å². The third kappa shape index (κ3) is 1.80. The highest BCUT2D eigenvalue weighted by Gasteiger charge is 2.38. The summed E-state index contributed by atoms with van der Waals surface area (Å²) in [4.78, 5) is 0. The van der Waals surface area contributed by atoms with Gasteiger partial charge >= 0.3 is 0 Å². The molecule has 1 heterocycles. The third-order valence-electron chi connectivity index (χ3n) is 2.47. The van der Waals surface area contributed by atoms with Crippen LogP contribution in [0.3, 0.4) is 0 Å². The van der Waals surface area contributed by atoms with Crippen molar-refractivity contribution in [2.75, 3.05) is 13.2 Å². The lowest BCUT2D eigenvalue weighted by molar-refractivity contribution is -0.142. The van der Waals surface area contributed by atoms with E-state index in [1.807, 2.05) is 37.3 Å². The van der Waals surface area contributed by atoms with Crippen LogP contribution in [-0.4, -0.2) is 19.0 Å². The van der Waals surface area contributed by atoms with Crippen molar-refractivity contribution in [2.24, 2.45) is 0 Å². The molecule has 1 aliphatic heterocycles. The first-order valence-electron chi connectivity index (χ1n) is 4.73. The van der Waals surface area contributed by atoms with Gasteiger partial charge in [-0.05, 0) is 12.5 Å². The summed E-state index contributed by atoms with van der Waals surface area (Å²) < 4.78 is 11.1. The van der Waals surface area contributed by atoms with E-state index < -0.39 is 5.79 Å². The van der Waals surface area contributed by atoms with Gasteiger partial charge in [0.15, 0.2) is 5.79 Å². The van der Waals surface area contributed by atoms with Crippen LogP contribution in [0.1, 0.15) is 17.7 Å². The van der Waals surface area contributed by atoms with Crippen molar-refractivity contribution in [2.45, 2.75) is 18.0 Å². The lowest BCUT2D eigenvalue weighted by Crippen LogP contribution is -2.31. The average Bonchev–Trinajstić information content (AvgIpc) is 2.67. The quantitative estimate of drug-likeness (QED) is 0.756. The van der Waals surface area contributed by atoms with Crippen LogP contribution >= 0.6 is 12.6 Å². The second-order valence-electron chi connectivity index (χ2n) is 3.53. The van der Waals surface area contributed by atoms with Crippen LogP contribution in [0.15, 0.2) is 30.3 Å². The molecule has 3 heteroatoms. The fourth-order valence-electron chi connectivity index (χ4n) is 1.63. The molecule has 0 radical (unpaired) electrons. The van der Waals surface area contributed by atoms with Crippen molar-refractivity contribution in [3.8, 4) is 0 Å². The Morgan fingerprint density at radius 2 is 1.79 bits per heavy atom. The summed E-state index contributed by atoms with van der Waals surface area (Å²) in [5.41, 5.74) is 1.13. The lowest BCUT2D eigenvalue weighted by atomic mass is 10.1. The molecule has 0 saturated carbocycles. The molecule has 0 N–H and O–H groups in total. The minimum atomic E-state index is -0.579. The average molecular weight is 210 g/mol. The van der Waals surface area contributed by atoms with Gasteiger partial charge in [-0.25, -0.2) is 0 Å². The van der Waals surface area contributed by atoms with E-state index in [0.717, 1.165) is 5.56 Å². The second kappa shape index (κ2) is 3.93. The van der Waals surface area contributed by atoms with Crippen LogP contribution in [0.5, 0.6) is 0 Å². The summed E-state index contributed by atoms with van der Waals surface area (Å²) in [6.07, 6.45) is 0. The van der Waals surface area contributed by atoms with Crippen molar-refractivity contribution < 1.29 is 9.47 Å². The smallest absolute Gasteiger partial charge is 0.181 e. The molecular weight excluding hydrogens is 196 g/mol. The van der Waals surface area contributed by atoms with Crippen LogP contribution < -0.4 is 0 Å². The summed E-state index contributed by atoms with van der Waals surface area (Å²) in [5.74, 6) is -0.579. The molecule has 0 aliphatic carbocycles. The number of hydrogen-bond acceptors (Lipinski definition) is 3. The van der Waals surface area contributed by atoms with Crippen LogP contribution in [0, 0.1) is 0 Å². The molecule has 2 rings (SSSR count). The summed E-state index contributed by atoms with van der Waals surface area (Å²) >= 11 is 4.55. The van der Waals surface area contributed by atoms with Crippen molar-refractivity contribution >= 4 is 12.6 Å². The summed E-state index contributed by atoms with van der Waals surface area (Å²) in [6.45, 7) is 3.24. The second-order valence-corrected chi connectivity index (χ2v) is 4.04. The van der Waals surface area contributed by atoms with Gasteiger partial charge in [0.05, 0.1) is 18.5 Å². The van der Waals surface area contributed by atoms with Crippen LogP contribution in [0.4, 0.5) is 0 Å². The van der Waals surface area contributed by atoms with Crippen molar-refractivity contribution in [1.29, 1.82) is 0 Å². The lowest BCUT2D eigenvalue weighted by Gasteiger charge is -2.28. The van der Waals surface area contributed by atoms with Gasteiger partial charge in [-0.15, -0.1) is 0 Å². The zero-order chi connectivity index (χ0) is 10.0. The van der Waals surface area contributed by atoms with Crippen molar-refractivity contribution in [3.63, 3.8) is 0 Å². The first-order chi connectivity index (χ1) is 6.72. The van der Waals surface area contributed by atoms with E-state index in [4.69, 9.17) is 9.47 Å². The first-order valence-corrected chi connectivity index (χ1v) is 5.25. The molecule has 2 nitrogen and oxygen atoms in total. The Kier molecular flexibility index (Phi) is 2.81. The summed E-state index contributed by atoms with van der Waals surface area (Å²) in [7, 11) is 0. The minimum Gasteiger partial charge on any atom is -0.346 e. The van der Waals surface area contributed by atoms with Gasteiger partial charge in [-0.3, -0.25) is 0 Å². The normalized spacial score (nSPS) is 22.1.